The average Bonchev–Trinajstić information content (AvgIpc) is 3.06. The standard InChI is InChI=1S/C5H5N5S.C5H4N4S/c6-5-9-3-2(4(11)10-5)7-1-8-3;10-5-6-1-3-4(9-5)8-2-7-3/h1H,(H4,6,7,8,9,10,11);1-2H,(H2,6,7,8,9,10). The van der Waals surface area contributed by atoms with E-state index in [1.54, 1.807) is 12.5 Å². The Morgan fingerprint density at radius 2 is 1.71 bits per heavy atom. The van der Waals surface area contributed by atoms with Gasteiger partial charge in [-0.1, -0.05) is 12.2 Å². The number of nitrogen functional groups attached to an aromatic ring is 1. The Morgan fingerprint density at radius 3 is 2.57 bits per heavy atom. The molecule has 0 fully saturated rings. The first-order valence-electron chi connectivity index (χ1n) is 5.71. The summed E-state index contributed by atoms with van der Waals surface area (Å²) in [6.07, 6.45) is 4.79. The van der Waals surface area contributed by atoms with Crippen LogP contribution in [0.2, 0.25) is 0 Å². The molecule has 4 aromatic heterocycles. The van der Waals surface area contributed by atoms with Crippen molar-refractivity contribution in [2.24, 2.45) is 0 Å². The van der Waals surface area contributed by atoms with E-state index in [-0.39, 0.29) is 5.95 Å². The zero-order valence-corrected chi connectivity index (χ0v) is 12.0. The van der Waals surface area contributed by atoms with Crippen molar-refractivity contribution in [3.05, 3.63) is 28.3 Å². The molecule has 0 aliphatic rings. The third-order valence-corrected chi connectivity index (χ3v) is 3.03. The minimum atomic E-state index is 0.287. The van der Waals surface area contributed by atoms with Crippen molar-refractivity contribution in [1.82, 2.24) is 39.9 Å². The average molecular weight is 319 g/mol. The van der Waals surface area contributed by atoms with Gasteiger partial charge in [0.05, 0.1) is 18.9 Å². The van der Waals surface area contributed by atoms with Crippen LogP contribution in [0.4, 0.5) is 5.95 Å². The highest BCUT2D eigenvalue weighted by Gasteiger charge is 1.98. The molecule has 0 spiro atoms. The molecule has 0 unspecified atom stereocenters. The van der Waals surface area contributed by atoms with Gasteiger partial charge >= 0.3 is 0 Å². The van der Waals surface area contributed by atoms with Crippen molar-refractivity contribution in [2.45, 2.75) is 0 Å². The van der Waals surface area contributed by atoms with Gasteiger partial charge in [0.25, 0.3) is 0 Å². The van der Waals surface area contributed by atoms with Crippen molar-refractivity contribution in [1.29, 1.82) is 0 Å². The van der Waals surface area contributed by atoms with Crippen molar-refractivity contribution < 1.29 is 0 Å². The number of rotatable bonds is 0. The number of nitrogens with one attached hydrogen (secondary N) is 4. The number of nitrogens with two attached hydrogens (primary N) is 1. The summed E-state index contributed by atoms with van der Waals surface area (Å²) in [5, 5.41) is 0. The highest BCUT2D eigenvalue weighted by atomic mass is 32.1. The molecular formula is C10H9N9S2. The van der Waals surface area contributed by atoms with Crippen molar-refractivity contribution in [3.8, 4) is 0 Å². The quantitative estimate of drug-likeness (QED) is 0.310. The molecular weight excluding hydrogens is 310 g/mol. The Hall–Kier alpha value is -2.66. The third kappa shape index (κ3) is 2.78. The van der Waals surface area contributed by atoms with E-state index < -0.39 is 0 Å². The fourth-order valence-electron chi connectivity index (χ4n) is 1.63. The topological polar surface area (TPSA) is 141 Å². The van der Waals surface area contributed by atoms with Gasteiger partial charge < -0.3 is 25.7 Å². The van der Waals surface area contributed by atoms with E-state index in [0.29, 0.717) is 20.6 Å². The number of anilines is 1. The van der Waals surface area contributed by atoms with E-state index in [0.717, 1.165) is 11.2 Å². The number of H-pyrrole nitrogens is 4. The molecule has 4 rings (SSSR count). The summed E-state index contributed by atoms with van der Waals surface area (Å²) in [6.45, 7) is 0. The Labute approximate surface area is 127 Å². The monoisotopic (exact) mass is 319 g/mol. The molecule has 0 atom stereocenters. The van der Waals surface area contributed by atoms with Crippen molar-refractivity contribution in [2.75, 3.05) is 5.73 Å². The van der Waals surface area contributed by atoms with Crippen LogP contribution < -0.4 is 5.73 Å². The lowest BCUT2D eigenvalue weighted by Gasteiger charge is -1.91. The maximum absolute atomic E-state index is 5.40. The third-order valence-electron chi connectivity index (χ3n) is 2.53. The van der Waals surface area contributed by atoms with Crippen LogP contribution in [0.25, 0.3) is 22.3 Å². The number of aromatic nitrogens is 8. The van der Waals surface area contributed by atoms with Gasteiger partial charge in [0.1, 0.15) is 11.0 Å². The zero-order chi connectivity index (χ0) is 14.8. The molecule has 4 heterocycles. The summed E-state index contributed by atoms with van der Waals surface area (Å²) in [7, 11) is 0. The summed E-state index contributed by atoms with van der Waals surface area (Å²) in [6, 6.07) is 0. The minimum Gasteiger partial charge on any atom is -0.369 e. The highest BCUT2D eigenvalue weighted by molar-refractivity contribution is 7.71. The Balaban J connectivity index is 0.000000126. The minimum absolute atomic E-state index is 0.287. The highest BCUT2D eigenvalue weighted by Crippen LogP contribution is 2.06. The molecule has 0 radical (unpaired) electrons. The van der Waals surface area contributed by atoms with Crippen LogP contribution in [-0.2, 0) is 0 Å². The van der Waals surface area contributed by atoms with Gasteiger partial charge in [-0.2, -0.15) is 0 Å². The van der Waals surface area contributed by atoms with E-state index in [1.807, 2.05) is 0 Å². The summed E-state index contributed by atoms with van der Waals surface area (Å²) in [5.41, 5.74) is 8.37. The van der Waals surface area contributed by atoms with E-state index in [2.05, 4.69) is 39.9 Å². The van der Waals surface area contributed by atoms with Gasteiger partial charge in [0.15, 0.2) is 20.7 Å². The molecule has 6 N–H and O–H groups in total. The number of aromatic amines is 4. The fourth-order valence-corrected chi connectivity index (χ4v) is 2.03. The molecule has 0 saturated carbocycles. The predicted molar refractivity (Wildman–Crippen MR) is 82.6 cm³/mol. The van der Waals surface area contributed by atoms with Gasteiger partial charge in [0.2, 0.25) is 5.95 Å². The van der Waals surface area contributed by atoms with Crippen LogP contribution in [0.1, 0.15) is 0 Å². The van der Waals surface area contributed by atoms with E-state index >= 15 is 0 Å². The second-order valence-electron chi connectivity index (χ2n) is 3.91. The first-order chi connectivity index (χ1) is 10.1. The molecule has 106 valence electrons. The molecule has 0 saturated heterocycles. The summed E-state index contributed by atoms with van der Waals surface area (Å²) < 4.78 is 0.897. The number of nitrogens with zero attached hydrogens (tertiary/aromatic N) is 4. The second kappa shape index (κ2) is 5.38. The first-order valence-corrected chi connectivity index (χ1v) is 6.52. The van der Waals surface area contributed by atoms with Crippen molar-refractivity contribution >= 4 is 52.7 Å². The maximum atomic E-state index is 5.40. The lowest BCUT2D eigenvalue weighted by Crippen LogP contribution is -1.94. The van der Waals surface area contributed by atoms with Gasteiger partial charge in [-0.15, -0.1) is 0 Å². The molecule has 21 heavy (non-hydrogen) atoms. The van der Waals surface area contributed by atoms with E-state index in [1.165, 1.54) is 6.33 Å². The van der Waals surface area contributed by atoms with E-state index in [9.17, 15) is 0 Å². The first kappa shape index (κ1) is 13.3. The van der Waals surface area contributed by atoms with Crippen LogP contribution in [0.15, 0.2) is 18.9 Å². The lowest BCUT2D eigenvalue weighted by atomic mass is 10.6. The summed E-state index contributed by atoms with van der Waals surface area (Å²) in [5.74, 6) is 0.287. The van der Waals surface area contributed by atoms with Crippen LogP contribution in [-0.4, -0.2) is 39.9 Å². The summed E-state index contributed by atoms with van der Waals surface area (Å²) >= 11 is 9.70. The predicted octanol–water partition coefficient (Wildman–Crippen LogP) is 1.61. The van der Waals surface area contributed by atoms with Crippen LogP contribution in [0.3, 0.4) is 0 Å². The van der Waals surface area contributed by atoms with Crippen LogP contribution in [0.5, 0.6) is 0 Å². The Kier molecular flexibility index (Phi) is 3.41. The molecule has 11 heteroatoms. The molecule has 0 aliphatic carbocycles. The van der Waals surface area contributed by atoms with E-state index in [4.69, 9.17) is 30.2 Å². The van der Waals surface area contributed by atoms with Gasteiger partial charge in [-0.3, -0.25) is 0 Å². The van der Waals surface area contributed by atoms with Gasteiger partial charge in [-0.25, -0.2) is 19.9 Å². The molecule has 0 aliphatic heterocycles. The lowest BCUT2D eigenvalue weighted by molar-refractivity contribution is 1.17. The molecule has 4 aromatic rings. The fraction of sp³-hybridized carbons (Fsp3) is 0. The second-order valence-corrected chi connectivity index (χ2v) is 4.68. The Morgan fingerprint density at radius 1 is 0.952 bits per heavy atom. The smallest absolute Gasteiger partial charge is 0.200 e. The molecule has 0 bridgehead atoms. The normalized spacial score (nSPS) is 10.5. The number of fused-ring (bicyclic) bond motifs is 2. The number of hydrogen-bond donors (Lipinski definition) is 5. The van der Waals surface area contributed by atoms with Crippen LogP contribution >= 0.6 is 24.4 Å². The zero-order valence-electron chi connectivity index (χ0n) is 10.4. The van der Waals surface area contributed by atoms with Crippen LogP contribution in [0, 0.1) is 9.41 Å². The maximum Gasteiger partial charge on any atom is 0.200 e. The SMILES string of the molecule is Nc1nc(=S)c2[nH]cnc2[nH]1.S=c1ncc2[nH]cnc2[nH]1. The number of imidazole rings is 2. The van der Waals surface area contributed by atoms with Gasteiger partial charge in [0, 0.05) is 0 Å². The number of hydrogen-bond acceptors (Lipinski definition) is 7. The molecule has 0 aromatic carbocycles. The molecule has 9 nitrogen and oxygen atoms in total. The Bertz CT molecular complexity index is 1010. The molecule has 0 amide bonds. The summed E-state index contributed by atoms with van der Waals surface area (Å²) in [4.78, 5) is 27.0. The largest absolute Gasteiger partial charge is 0.369 e. The van der Waals surface area contributed by atoms with Gasteiger partial charge in [-0.05, 0) is 12.2 Å². The van der Waals surface area contributed by atoms with Crippen molar-refractivity contribution in [3.63, 3.8) is 0 Å².